The molecule has 0 radical (unpaired) electrons. The molecule has 3 aromatic rings. The van der Waals surface area contributed by atoms with Gasteiger partial charge in [0.05, 0.1) is 11.3 Å². The van der Waals surface area contributed by atoms with Crippen molar-refractivity contribution >= 4 is 32.5 Å². The molecule has 0 fully saturated rings. The second kappa shape index (κ2) is 7.15. The van der Waals surface area contributed by atoms with Crippen LogP contribution in [-0.4, -0.2) is 15.9 Å². The van der Waals surface area contributed by atoms with E-state index in [1.54, 1.807) is 13.1 Å². The Labute approximate surface area is 156 Å². The zero-order valence-electron chi connectivity index (χ0n) is 13.9. The van der Waals surface area contributed by atoms with Crippen LogP contribution in [0, 0.1) is 0 Å². The summed E-state index contributed by atoms with van der Waals surface area (Å²) in [6.07, 6.45) is -1.24. The fraction of sp³-hybridized carbons (Fsp3) is 0.211. The minimum Gasteiger partial charge on any atom is -0.411 e. The number of aromatic amines is 1. The maximum absolute atomic E-state index is 12.6. The van der Waals surface area contributed by atoms with Crippen molar-refractivity contribution in [2.45, 2.75) is 25.9 Å². The molecule has 3 nitrogen and oxygen atoms in total. The van der Waals surface area contributed by atoms with E-state index in [1.165, 1.54) is 12.1 Å². The molecule has 1 aromatic heterocycles. The molecular formula is C19H16BrF3N2O. The second-order valence-electron chi connectivity index (χ2n) is 6.07. The van der Waals surface area contributed by atoms with Gasteiger partial charge in [0.2, 0.25) is 0 Å². The van der Waals surface area contributed by atoms with Crippen molar-refractivity contribution < 1.29 is 18.4 Å². The van der Waals surface area contributed by atoms with Crippen LogP contribution in [0.5, 0.6) is 0 Å². The van der Waals surface area contributed by atoms with Gasteiger partial charge in [0.1, 0.15) is 0 Å². The molecule has 0 aliphatic carbocycles. The highest BCUT2D eigenvalue weighted by Crippen LogP contribution is 2.30. The monoisotopic (exact) mass is 424 g/mol. The largest absolute Gasteiger partial charge is 0.416 e. The highest BCUT2D eigenvalue weighted by atomic mass is 79.9. The van der Waals surface area contributed by atoms with Gasteiger partial charge in [0, 0.05) is 27.1 Å². The van der Waals surface area contributed by atoms with E-state index in [0.29, 0.717) is 18.6 Å². The van der Waals surface area contributed by atoms with Gasteiger partial charge in [-0.1, -0.05) is 33.2 Å². The third kappa shape index (κ3) is 3.77. The van der Waals surface area contributed by atoms with Gasteiger partial charge in [0.15, 0.2) is 0 Å². The Morgan fingerprint density at radius 1 is 1.15 bits per heavy atom. The number of H-pyrrole nitrogens is 1. The number of fused-ring (bicyclic) bond motifs is 1. The first-order valence-electron chi connectivity index (χ1n) is 7.94. The summed E-state index contributed by atoms with van der Waals surface area (Å²) < 4.78 is 38.8. The number of nitrogens with one attached hydrogen (secondary N) is 1. The first kappa shape index (κ1) is 18.5. The van der Waals surface area contributed by atoms with Gasteiger partial charge in [-0.3, -0.25) is 0 Å². The van der Waals surface area contributed by atoms with Gasteiger partial charge in [-0.2, -0.15) is 13.2 Å². The maximum Gasteiger partial charge on any atom is 0.416 e. The average molecular weight is 425 g/mol. The number of benzene rings is 2. The van der Waals surface area contributed by atoms with Crippen LogP contribution in [0.2, 0.25) is 0 Å². The molecule has 7 heteroatoms. The Bertz CT molecular complexity index is 959. The summed E-state index contributed by atoms with van der Waals surface area (Å²) in [5.41, 5.74) is 3.46. The van der Waals surface area contributed by atoms with Gasteiger partial charge in [-0.25, -0.2) is 0 Å². The Balaban J connectivity index is 1.83. The third-order valence-corrected chi connectivity index (χ3v) is 5.09. The molecule has 0 bridgehead atoms. The van der Waals surface area contributed by atoms with Crippen LogP contribution in [0.3, 0.4) is 0 Å². The van der Waals surface area contributed by atoms with E-state index in [1.807, 2.05) is 12.1 Å². The van der Waals surface area contributed by atoms with E-state index < -0.39 is 11.7 Å². The third-order valence-electron chi connectivity index (χ3n) is 4.35. The van der Waals surface area contributed by atoms with Crippen molar-refractivity contribution in [3.05, 3.63) is 69.3 Å². The molecule has 3 rings (SSSR count). The van der Waals surface area contributed by atoms with Crippen LogP contribution < -0.4 is 0 Å². The number of alkyl halides is 3. The first-order chi connectivity index (χ1) is 12.3. The number of nitrogens with zero attached hydrogens (tertiary/aromatic N) is 1. The van der Waals surface area contributed by atoms with Gasteiger partial charge in [-0.15, -0.1) is 0 Å². The zero-order chi connectivity index (χ0) is 18.9. The van der Waals surface area contributed by atoms with Gasteiger partial charge in [0.25, 0.3) is 0 Å². The molecule has 0 atom stereocenters. The van der Waals surface area contributed by atoms with Crippen LogP contribution in [0.15, 0.2) is 52.2 Å². The molecule has 0 amide bonds. The molecule has 1 heterocycles. The number of oxime groups is 1. The lowest BCUT2D eigenvalue weighted by Crippen LogP contribution is -2.04. The molecular weight excluding hydrogens is 409 g/mol. The number of halogens is 4. The Hall–Kier alpha value is -2.28. The quantitative estimate of drug-likeness (QED) is 0.304. The average Bonchev–Trinajstić information content (AvgIpc) is 3.01. The van der Waals surface area contributed by atoms with Crippen LogP contribution in [0.25, 0.3) is 10.9 Å². The smallest absolute Gasteiger partial charge is 0.411 e. The standard InChI is InChI=1S/C19H16BrF3N2O/c1-11(25-26)16-10-24-18-9-17(20)13(8-15(16)18)5-2-12-3-6-14(7-4-12)19(21,22)23/h3-4,6-10,24,26H,2,5H2,1H3/b25-11-. The summed E-state index contributed by atoms with van der Waals surface area (Å²) in [6.45, 7) is 1.71. The van der Waals surface area contributed by atoms with Crippen molar-refractivity contribution in [1.82, 2.24) is 4.98 Å². The Kier molecular flexibility index (Phi) is 5.09. The molecule has 2 N–H and O–H groups in total. The van der Waals surface area contributed by atoms with E-state index >= 15 is 0 Å². The lowest BCUT2D eigenvalue weighted by Gasteiger charge is -2.09. The number of hydrogen-bond donors (Lipinski definition) is 2. The lowest BCUT2D eigenvalue weighted by atomic mass is 10.0. The number of hydrogen-bond acceptors (Lipinski definition) is 2. The molecule has 0 saturated heterocycles. The molecule has 0 unspecified atom stereocenters. The van der Waals surface area contributed by atoms with Crippen molar-refractivity contribution in [2.24, 2.45) is 5.16 Å². The van der Waals surface area contributed by atoms with Crippen LogP contribution in [0.4, 0.5) is 13.2 Å². The summed E-state index contributed by atoms with van der Waals surface area (Å²) in [4.78, 5) is 3.14. The van der Waals surface area contributed by atoms with E-state index in [2.05, 4.69) is 26.1 Å². The van der Waals surface area contributed by atoms with Gasteiger partial charge >= 0.3 is 6.18 Å². The van der Waals surface area contributed by atoms with E-state index in [0.717, 1.165) is 44.2 Å². The van der Waals surface area contributed by atoms with E-state index in [4.69, 9.17) is 5.21 Å². The van der Waals surface area contributed by atoms with Crippen LogP contribution >= 0.6 is 15.9 Å². The first-order valence-corrected chi connectivity index (χ1v) is 8.73. The normalized spacial score (nSPS) is 12.7. The summed E-state index contributed by atoms with van der Waals surface area (Å²) >= 11 is 3.54. The van der Waals surface area contributed by atoms with E-state index in [9.17, 15) is 13.2 Å². The molecule has 0 aliphatic heterocycles. The fourth-order valence-electron chi connectivity index (χ4n) is 2.87. The highest BCUT2D eigenvalue weighted by molar-refractivity contribution is 9.10. The summed E-state index contributed by atoms with van der Waals surface area (Å²) in [5.74, 6) is 0. The number of aromatic nitrogens is 1. The predicted molar refractivity (Wildman–Crippen MR) is 98.8 cm³/mol. The zero-order valence-corrected chi connectivity index (χ0v) is 15.4. The minimum atomic E-state index is -4.32. The molecule has 26 heavy (non-hydrogen) atoms. The minimum absolute atomic E-state index is 0.507. The fourth-order valence-corrected chi connectivity index (χ4v) is 3.41. The van der Waals surface area contributed by atoms with Crippen LogP contribution in [-0.2, 0) is 19.0 Å². The maximum atomic E-state index is 12.6. The van der Waals surface area contributed by atoms with E-state index in [-0.39, 0.29) is 0 Å². The Morgan fingerprint density at radius 3 is 2.46 bits per heavy atom. The summed E-state index contributed by atoms with van der Waals surface area (Å²) in [6, 6.07) is 9.20. The van der Waals surface area contributed by atoms with Crippen molar-refractivity contribution in [2.75, 3.05) is 0 Å². The molecule has 0 aliphatic rings. The number of rotatable bonds is 4. The summed E-state index contributed by atoms with van der Waals surface area (Å²) in [5, 5.41) is 13.2. The van der Waals surface area contributed by atoms with Crippen molar-refractivity contribution in [3.63, 3.8) is 0 Å². The number of aryl methyl sites for hydroxylation is 2. The second-order valence-corrected chi connectivity index (χ2v) is 6.93. The van der Waals surface area contributed by atoms with Crippen LogP contribution in [0.1, 0.15) is 29.2 Å². The highest BCUT2D eigenvalue weighted by Gasteiger charge is 2.29. The molecule has 136 valence electrons. The van der Waals surface area contributed by atoms with Gasteiger partial charge in [-0.05, 0) is 55.2 Å². The lowest BCUT2D eigenvalue weighted by molar-refractivity contribution is -0.137. The SMILES string of the molecule is C/C(=N/O)c1c[nH]c2cc(Br)c(CCc3ccc(C(F)(F)F)cc3)cc12. The molecule has 0 saturated carbocycles. The topological polar surface area (TPSA) is 48.4 Å². The van der Waals surface area contributed by atoms with Gasteiger partial charge < -0.3 is 10.2 Å². The predicted octanol–water partition coefficient (Wildman–Crippen LogP) is 5.93. The molecule has 2 aromatic carbocycles. The van der Waals surface area contributed by atoms with Crippen molar-refractivity contribution in [3.8, 4) is 0 Å². The Morgan fingerprint density at radius 2 is 1.85 bits per heavy atom. The molecule has 0 spiro atoms. The summed E-state index contributed by atoms with van der Waals surface area (Å²) in [7, 11) is 0. The van der Waals surface area contributed by atoms with Crippen molar-refractivity contribution in [1.29, 1.82) is 0 Å².